The molecule has 0 aromatic heterocycles. The van der Waals surface area contributed by atoms with Gasteiger partial charge in [0.2, 0.25) is 5.91 Å². The van der Waals surface area contributed by atoms with Crippen LogP contribution in [-0.4, -0.2) is 35.4 Å². The lowest BCUT2D eigenvalue weighted by molar-refractivity contribution is -0.142. The first kappa shape index (κ1) is 25.0. The maximum Gasteiger partial charge on any atom is 0.261 e. The van der Waals surface area contributed by atoms with Crippen molar-refractivity contribution >= 4 is 35.0 Å². The zero-order valence-electron chi connectivity index (χ0n) is 18.7. The zero-order valence-corrected chi connectivity index (χ0v) is 20.2. The highest BCUT2D eigenvalue weighted by atomic mass is 35.5. The molecule has 0 saturated carbocycles. The van der Waals surface area contributed by atoms with E-state index in [4.69, 9.17) is 27.9 Å². The highest BCUT2D eigenvalue weighted by Crippen LogP contribution is 2.23. The standard InChI is InChI=1S/C24H30Cl2N2O3/c1-6-17(4)27-24(30)18(5)28(13-19-8-9-20(25)12-22(19)26)23(29)14-31-21-10-7-15(2)16(3)11-21/h7-12,17-18H,6,13-14H2,1-5H3,(H,27,30). The molecule has 0 aliphatic rings. The quantitative estimate of drug-likeness (QED) is 0.545. The SMILES string of the molecule is CCC(C)NC(=O)C(C)N(Cc1ccc(Cl)cc1Cl)C(=O)COc1ccc(C)c(C)c1. The lowest BCUT2D eigenvalue weighted by Crippen LogP contribution is -2.50. The molecule has 5 nitrogen and oxygen atoms in total. The summed E-state index contributed by atoms with van der Waals surface area (Å²) in [5, 5.41) is 3.88. The minimum atomic E-state index is -0.698. The van der Waals surface area contributed by atoms with Gasteiger partial charge >= 0.3 is 0 Å². The first-order chi connectivity index (χ1) is 14.6. The Labute approximate surface area is 194 Å². The van der Waals surface area contributed by atoms with Gasteiger partial charge in [0.1, 0.15) is 11.8 Å². The molecule has 0 aliphatic carbocycles. The predicted octanol–water partition coefficient (Wildman–Crippen LogP) is 5.32. The van der Waals surface area contributed by atoms with E-state index in [0.29, 0.717) is 21.4 Å². The van der Waals surface area contributed by atoms with E-state index in [0.717, 1.165) is 17.5 Å². The maximum absolute atomic E-state index is 13.1. The molecule has 2 aromatic carbocycles. The third-order valence-corrected chi connectivity index (χ3v) is 5.95. The number of nitrogens with one attached hydrogen (secondary N) is 1. The fraction of sp³-hybridized carbons (Fsp3) is 0.417. The molecule has 0 spiro atoms. The van der Waals surface area contributed by atoms with Crippen LogP contribution in [0.5, 0.6) is 5.75 Å². The Balaban J connectivity index is 2.21. The minimum Gasteiger partial charge on any atom is -0.484 e. The molecule has 0 aliphatic heterocycles. The number of aryl methyl sites for hydroxylation is 2. The molecule has 2 rings (SSSR count). The van der Waals surface area contributed by atoms with Crippen LogP contribution in [0.3, 0.4) is 0 Å². The molecule has 2 atom stereocenters. The summed E-state index contributed by atoms with van der Waals surface area (Å²) in [6.07, 6.45) is 0.797. The van der Waals surface area contributed by atoms with E-state index in [1.807, 2.05) is 45.9 Å². The highest BCUT2D eigenvalue weighted by molar-refractivity contribution is 6.35. The monoisotopic (exact) mass is 464 g/mol. The molecule has 2 unspecified atom stereocenters. The van der Waals surface area contributed by atoms with Crippen molar-refractivity contribution in [3.05, 3.63) is 63.1 Å². The Morgan fingerprint density at radius 2 is 1.77 bits per heavy atom. The third-order valence-electron chi connectivity index (χ3n) is 5.36. The van der Waals surface area contributed by atoms with Gasteiger partial charge in [-0.05, 0) is 75.1 Å². The van der Waals surface area contributed by atoms with Gasteiger partial charge in [-0.3, -0.25) is 9.59 Å². The number of halogens is 2. The molecule has 0 radical (unpaired) electrons. The molecule has 0 fully saturated rings. The van der Waals surface area contributed by atoms with Gasteiger partial charge in [-0.2, -0.15) is 0 Å². The van der Waals surface area contributed by atoms with E-state index in [9.17, 15) is 9.59 Å². The molecular weight excluding hydrogens is 435 g/mol. The van der Waals surface area contributed by atoms with Crippen LogP contribution >= 0.6 is 23.2 Å². The highest BCUT2D eigenvalue weighted by Gasteiger charge is 2.27. The molecule has 2 aromatic rings. The van der Waals surface area contributed by atoms with Crippen molar-refractivity contribution in [3.8, 4) is 5.75 Å². The molecular formula is C24H30Cl2N2O3. The fourth-order valence-electron chi connectivity index (χ4n) is 2.91. The molecule has 168 valence electrons. The van der Waals surface area contributed by atoms with Crippen LogP contribution in [0, 0.1) is 13.8 Å². The van der Waals surface area contributed by atoms with Crippen molar-refractivity contribution < 1.29 is 14.3 Å². The second kappa shape index (κ2) is 11.4. The van der Waals surface area contributed by atoms with Crippen molar-refractivity contribution in [1.82, 2.24) is 10.2 Å². The number of carbonyl (C=O) groups excluding carboxylic acids is 2. The molecule has 2 amide bonds. The van der Waals surface area contributed by atoms with Crippen molar-refractivity contribution in [2.24, 2.45) is 0 Å². The van der Waals surface area contributed by atoms with Gasteiger partial charge in [0.15, 0.2) is 6.61 Å². The molecule has 7 heteroatoms. The van der Waals surface area contributed by atoms with Crippen LogP contribution in [0.15, 0.2) is 36.4 Å². The Morgan fingerprint density at radius 1 is 1.06 bits per heavy atom. The topological polar surface area (TPSA) is 58.6 Å². The van der Waals surface area contributed by atoms with Gasteiger partial charge in [-0.15, -0.1) is 0 Å². The van der Waals surface area contributed by atoms with Gasteiger partial charge in [0.25, 0.3) is 5.91 Å². The van der Waals surface area contributed by atoms with Crippen LogP contribution in [0.1, 0.15) is 43.9 Å². The Bertz CT molecular complexity index is 933. The van der Waals surface area contributed by atoms with Crippen molar-refractivity contribution in [2.45, 2.75) is 59.7 Å². The van der Waals surface area contributed by atoms with Crippen LogP contribution in [0.25, 0.3) is 0 Å². The summed E-state index contributed by atoms with van der Waals surface area (Å²) < 4.78 is 5.73. The summed E-state index contributed by atoms with van der Waals surface area (Å²) in [5.41, 5.74) is 2.93. The summed E-state index contributed by atoms with van der Waals surface area (Å²) >= 11 is 12.3. The van der Waals surface area contributed by atoms with Gasteiger partial charge in [-0.25, -0.2) is 0 Å². The molecule has 0 saturated heterocycles. The number of hydrogen-bond donors (Lipinski definition) is 1. The molecule has 1 N–H and O–H groups in total. The number of ether oxygens (including phenoxy) is 1. The summed E-state index contributed by atoms with van der Waals surface area (Å²) in [6, 6.07) is 10.1. The molecule has 0 bridgehead atoms. The summed E-state index contributed by atoms with van der Waals surface area (Å²) in [7, 11) is 0. The third kappa shape index (κ3) is 7.15. The number of rotatable bonds is 9. The normalized spacial score (nSPS) is 12.7. The van der Waals surface area contributed by atoms with Crippen LogP contribution < -0.4 is 10.1 Å². The second-order valence-electron chi connectivity index (χ2n) is 7.79. The van der Waals surface area contributed by atoms with Gasteiger partial charge in [-0.1, -0.05) is 42.3 Å². The Morgan fingerprint density at radius 3 is 2.39 bits per heavy atom. The van der Waals surface area contributed by atoms with Gasteiger partial charge in [0, 0.05) is 22.6 Å². The van der Waals surface area contributed by atoms with Crippen LogP contribution in [-0.2, 0) is 16.1 Å². The first-order valence-corrected chi connectivity index (χ1v) is 11.1. The number of hydrogen-bond acceptors (Lipinski definition) is 3. The van der Waals surface area contributed by atoms with E-state index in [1.54, 1.807) is 25.1 Å². The number of carbonyl (C=O) groups is 2. The number of amides is 2. The molecule has 0 heterocycles. The number of nitrogens with zero attached hydrogens (tertiary/aromatic N) is 1. The molecule has 31 heavy (non-hydrogen) atoms. The van der Waals surface area contributed by atoms with E-state index in [2.05, 4.69) is 5.32 Å². The average Bonchev–Trinajstić information content (AvgIpc) is 2.73. The largest absolute Gasteiger partial charge is 0.484 e. The summed E-state index contributed by atoms with van der Waals surface area (Å²) in [5.74, 6) is 0.0765. The van der Waals surface area contributed by atoms with E-state index in [-0.39, 0.29) is 31.0 Å². The van der Waals surface area contributed by atoms with Gasteiger partial charge < -0.3 is 15.0 Å². The summed E-state index contributed by atoms with van der Waals surface area (Å²) in [4.78, 5) is 27.3. The van der Waals surface area contributed by atoms with Crippen LogP contribution in [0.4, 0.5) is 0 Å². The van der Waals surface area contributed by atoms with Crippen molar-refractivity contribution in [3.63, 3.8) is 0 Å². The maximum atomic E-state index is 13.1. The number of benzene rings is 2. The Hall–Kier alpha value is -2.24. The van der Waals surface area contributed by atoms with E-state index >= 15 is 0 Å². The van der Waals surface area contributed by atoms with Crippen molar-refractivity contribution in [2.75, 3.05) is 6.61 Å². The summed E-state index contributed by atoms with van der Waals surface area (Å²) in [6.45, 7) is 9.60. The van der Waals surface area contributed by atoms with E-state index < -0.39 is 6.04 Å². The van der Waals surface area contributed by atoms with Gasteiger partial charge in [0.05, 0.1) is 0 Å². The lowest BCUT2D eigenvalue weighted by atomic mass is 10.1. The fourth-order valence-corrected chi connectivity index (χ4v) is 3.38. The lowest BCUT2D eigenvalue weighted by Gasteiger charge is -2.30. The smallest absolute Gasteiger partial charge is 0.261 e. The Kier molecular flexibility index (Phi) is 9.20. The van der Waals surface area contributed by atoms with E-state index in [1.165, 1.54) is 4.90 Å². The second-order valence-corrected chi connectivity index (χ2v) is 8.63. The predicted molar refractivity (Wildman–Crippen MR) is 126 cm³/mol. The first-order valence-electron chi connectivity index (χ1n) is 10.4. The minimum absolute atomic E-state index is 0.0119. The average molecular weight is 465 g/mol. The van der Waals surface area contributed by atoms with Crippen molar-refractivity contribution in [1.29, 1.82) is 0 Å². The van der Waals surface area contributed by atoms with Crippen LogP contribution in [0.2, 0.25) is 10.0 Å². The zero-order chi connectivity index (χ0) is 23.1.